The van der Waals surface area contributed by atoms with E-state index in [4.69, 9.17) is 4.74 Å². The lowest BCUT2D eigenvalue weighted by atomic mass is 10.1. The van der Waals surface area contributed by atoms with Gasteiger partial charge in [0, 0.05) is 20.1 Å². The number of halogens is 1. The first-order valence-corrected chi connectivity index (χ1v) is 6.51. The van der Waals surface area contributed by atoms with Crippen LogP contribution in [0.15, 0.2) is 29.3 Å². The predicted octanol–water partition coefficient (Wildman–Crippen LogP) is 2.14. The van der Waals surface area contributed by atoms with Crippen molar-refractivity contribution < 1.29 is 4.74 Å². The number of rotatable bonds is 5. The smallest absolute Gasteiger partial charge is 0.193 e. The van der Waals surface area contributed by atoms with Gasteiger partial charge in [-0.15, -0.1) is 24.0 Å². The molecule has 106 valence electrons. The number of aliphatic imine (C=N–C) groups is 1. The lowest BCUT2D eigenvalue weighted by molar-refractivity contribution is 0.340. The third-order valence-corrected chi connectivity index (χ3v) is 2.96. The van der Waals surface area contributed by atoms with Crippen LogP contribution < -0.4 is 10.1 Å². The second kappa shape index (κ2) is 8.24. The van der Waals surface area contributed by atoms with Gasteiger partial charge in [0.05, 0.1) is 13.2 Å². The summed E-state index contributed by atoms with van der Waals surface area (Å²) in [6.07, 6.45) is 0.980. The molecule has 0 aromatic heterocycles. The SMILES string of the molecule is CCOc1cccc(CCNC2=NCCN2C)c1.I. The van der Waals surface area contributed by atoms with Crippen LogP contribution in [0.25, 0.3) is 0 Å². The summed E-state index contributed by atoms with van der Waals surface area (Å²) in [6.45, 7) is 5.53. The Morgan fingerprint density at radius 1 is 1.42 bits per heavy atom. The van der Waals surface area contributed by atoms with E-state index in [2.05, 4.69) is 34.4 Å². The van der Waals surface area contributed by atoms with E-state index in [0.29, 0.717) is 6.61 Å². The number of ether oxygens (including phenoxy) is 1. The summed E-state index contributed by atoms with van der Waals surface area (Å²) >= 11 is 0. The van der Waals surface area contributed by atoms with Crippen molar-refractivity contribution >= 4 is 29.9 Å². The Morgan fingerprint density at radius 3 is 2.95 bits per heavy atom. The molecule has 0 fully saturated rings. The van der Waals surface area contributed by atoms with Gasteiger partial charge in [-0.2, -0.15) is 0 Å². The lowest BCUT2D eigenvalue weighted by Crippen LogP contribution is -2.36. The standard InChI is InChI=1S/C14H21N3O.HI/c1-3-18-13-6-4-5-12(11-13)7-8-15-14-16-9-10-17(14)2;/h4-6,11H,3,7-10H2,1-2H3,(H,15,16);1H. The number of hydrogen-bond acceptors (Lipinski definition) is 4. The first-order valence-electron chi connectivity index (χ1n) is 6.51. The van der Waals surface area contributed by atoms with Gasteiger partial charge in [-0.05, 0) is 31.0 Å². The van der Waals surface area contributed by atoms with Crippen LogP contribution in [-0.2, 0) is 6.42 Å². The van der Waals surface area contributed by atoms with Crippen molar-refractivity contribution in [3.05, 3.63) is 29.8 Å². The van der Waals surface area contributed by atoms with Gasteiger partial charge in [0.1, 0.15) is 5.75 Å². The number of hydrogen-bond donors (Lipinski definition) is 1. The highest BCUT2D eigenvalue weighted by Crippen LogP contribution is 2.13. The summed E-state index contributed by atoms with van der Waals surface area (Å²) in [6, 6.07) is 8.27. The molecule has 1 aromatic rings. The van der Waals surface area contributed by atoms with Gasteiger partial charge in [0.25, 0.3) is 0 Å². The largest absolute Gasteiger partial charge is 0.494 e. The second-order valence-corrected chi connectivity index (χ2v) is 4.38. The monoisotopic (exact) mass is 375 g/mol. The summed E-state index contributed by atoms with van der Waals surface area (Å²) in [5.74, 6) is 1.96. The molecule has 0 bridgehead atoms. The molecule has 1 aliphatic heterocycles. The number of nitrogens with one attached hydrogen (secondary N) is 1. The van der Waals surface area contributed by atoms with Crippen molar-refractivity contribution in [1.29, 1.82) is 0 Å². The molecule has 0 amide bonds. The normalized spacial score (nSPS) is 13.8. The van der Waals surface area contributed by atoms with E-state index in [9.17, 15) is 0 Å². The second-order valence-electron chi connectivity index (χ2n) is 4.38. The first-order chi connectivity index (χ1) is 8.79. The molecule has 0 radical (unpaired) electrons. The number of nitrogens with zero attached hydrogens (tertiary/aromatic N) is 2. The molecule has 1 aliphatic rings. The number of guanidine groups is 1. The molecule has 0 spiro atoms. The Kier molecular flexibility index (Phi) is 6.97. The molecule has 0 unspecified atom stereocenters. The van der Waals surface area contributed by atoms with Crippen LogP contribution in [0.3, 0.4) is 0 Å². The third-order valence-electron chi connectivity index (χ3n) is 2.96. The van der Waals surface area contributed by atoms with Gasteiger partial charge in [-0.3, -0.25) is 4.99 Å². The minimum Gasteiger partial charge on any atom is -0.494 e. The van der Waals surface area contributed by atoms with E-state index in [1.807, 2.05) is 19.1 Å². The van der Waals surface area contributed by atoms with Crippen LogP contribution in [-0.4, -0.2) is 44.1 Å². The Balaban J connectivity index is 0.00000180. The average Bonchev–Trinajstić information content (AvgIpc) is 2.76. The molecule has 19 heavy (non-hydrogen) atoms. The van der Waals surface area contributed by atoms with Gasteiger partial charge in [-0.1, -0.05) is 12.1 Å². The minimum absolute atomic E-state index is 0. The highest BCUT2D eigenvalue weighted by atomic mass is 127. The Hall–Kier alpha value is -0.980. The molecule has 1 aromatic carbocycles. The average molecular weight is 375 g/mol. The molecule has 0 aliphatic carbocycles. The molecule has 0 saturated carbocycles. The van der Waals surface area contributed by atoms with E-state index in [1.54, 1.807) is 0 Å². The molecule has 5 heteroatoms. The number of likely N-dealkylation sites (N-methyl/N-ethyl adjacent to an activating group) is 1. The number of benzene rings is 1. The third kappa shape index (κ3) is 4.89. The topological polar surface area (TPSA) is 36.9 Å². The predicted molar refractivity (Wildman–Crippen MR) is 89.7 cm³/mol. The van der Waals surface area contributed by atoms with Gasteiger partial charge < -0.3 is 15.0 Å². The van der Waals surface area contributed by atoms with Crippen molar-refractivity contribution in [1.82, 2.24) is 10.2 Å². The molecule has 0 saturated heterocycles. The van der Waals surface area contributed by atoms with E-state index >= 15 is 0 Å². The summed E-state index contributed by atoms with van der Waals surface area (Å²) < 4.78 is 5.49. The van der Waals surface area contributed by atoms with Crippen LogP contribution in [0.1, 0.15) is 12.5 Å². The summed E-state index contributed by atoms with van der Waals surface area (Å²) in [5, 5.41) is 3.37. The fraction of sp³-hybridized carbons (Fsp3) is 0.500. The summed E-state index contributed by atoms with van der Waals surface area (Å²) in [7, 11) is 2.06. The summed E-state index contributed by atoms with van der Waals surface area (Å²) in [5.41, 5.74) is 1.29. The quantitative estimate of drug-likeness (QED) is 0.802. The molecule has 1 N–H and O–H groups in total. The zero-order chi connectivity index (χ0) is 12.8. The van der Waals surface area contributed by atoms with Crippen LogP contribution in [0.5, 0.6) is 5.75 Å². The van der Waals surface area contributed by atoms with Crippen molar-refractivity contribution in [2.24, 2.45) is 4.99 Å². The molecule has 4 nitrogen and oxygen atoms in total. The maximum Gasteiger partial charge on any atom is 0.193 e. The Morgan fingerprint density at radius 2 is 2.26 bits per heavy atom. The molecular formula is C14H22IN3O. The van der Waals surface area contributed by atoms with Gasteiger partial charge in [0.2, 0.25) is 0 Å². The van der Waals surface area contributed by atoms with E-state index in [0.717, 1.165) is 37.8 Å². The van der Waals surface area contributed by atoms with Crippen LogP contribution in [0.2, 0.25) is 0 Å². The van der Waals surface area contributed by atoms with Crippen LogP contribution in [0.4, 0.5) is 0 Å². The van der Waals surface area contributed by atoms with E-state index in [-0.39, 0.29) is 24.0 Å². The first kappa shape index (κ1) is 16.1. The van der Waals surface area contributed by atoms with Crippen LogP contribution in [0, 0.1) is 0 Å². The lowest BCUT2D eigenvalue weighted by Gasteiger charge is -2.15. The summed E-state index contributed by atoms with van der Waals surface area (Å²) in [4.78, 5) is 6.55. The van der Waals surface area contributed by atoms with Crippen molar-refractivity contribution in [3.63, 3.8) is 0 Å². The minimum atomic E-state index is 0. The van der Waals surface area contributed by atoms with Crippen molar-refractivity contribution in [2.45, 2.75) is 13.3 Å². The maximum atomic E-state index is 5.49. The highest BCUT2D eigenvalue weighted by molar-refractivity contribution is 14.0. The highest BCUT2D eigenvalue weighted by Gasteiger charge is 2.10. The maximum absolute atomic E-state index is 5.49. The van der Waals surface area contributed by atoms with Crippen LogP contribution >= 0.6 is 24.0 Å². The van der Waals surface area contributed by atoms with Crippen molar-refractivity contribution in [3.8, 4) is 5.75 Å². The zero-order valence-electron chi connectivity index (χ0n) is 11.6. The zero-order valence-corrected chi connectivity index (χ0v) is 13.9. The molecule has 0 atom stereocenters. The Bertz CT molecular complexity index is 423. The van der Waals surface area contributed by atoms with Crippen molar-refractivity contribution in [2.75, 3.05) is 33.3 Å². The van der Waals surface area contributed by atoms with Gasteiger partial charge in [0.15, 0.2) is 5.96 Å². The van der Waals surface area contributed by atoms with E-state index in [1.165, 1.54) is 5.56 Å². The Labute approximate surface area is 132 Å². The molecule has 1 heterocycles. The fourth-order valence-corrected chi connectivity index (χ4v) is 2.00. The molecular weight excluding hydrogens is 353 g/mol. The fourth-order valence-electron chi connectivity index (χ4n) is 2.00. The van der Waals surface area contributed by atoms with Gasteiger partial charge in [-0.25, -0.2) is 0 Å². The van der Waals surface area contributed by atoms with E-state index < -0.39 is 0 Å². The molecule has 2 rings (SSSR count). The van der Waals surface area contributed by atoms with Gasteiger partial charge >= 0.3 is 0 Å².